The van der Waals surface area contributed by atoms with Gasteiger partial charge in [0.2, 0.25) is 0 Å². The standard InChI is InChI=1S/C18H14O2/c1-20-17(19)18-13-9-5-4-8-12(13)14-10-6-2-3-7-11(10)15(18)16(14)18/h2-9,14-16H,1H3/t14-,15+,16-,18+/m0/s1. The maximum atomic E-state index is 12.5. The Labute approximate surface area is 117 Å². The van der Waals surface area contributed by atoms with Crippen LogP contribution < -0.4 is 0 Å². The van der Waals surface area contributed by atoms with E-state index < -0.39 is 5.41 Å². The first-order valence-corrected chi connectivity index (χ1v) is 7.08. The summed E-state index contributed by atoms with van der Waals surface area (Å²) in [6.07, 6.45) is 0. The minimum atomic E-state index is -0.398. The van der Waals surface area contributed by atoms with Crippen LogP contribution in [0, 0.1) is 5.92 Å². The van der Waals surface area contributed by atoms with Crippen LogP contribution in [0.5, 0.6) is 0 Å². The molecule has 20 heavy (non-hydrogen) atoms. The van der Waals surface area contributed by atoms with E-state index in [-0.39, 0.29) is 5.97 Å². The monoisotopic (exact) mass is 262 g/mol. The smallest absolute Gasteiger partial charge is 0.317 e. The number of rotatable bonds is 1. The van der Waals surface area contributed by atoms with Crippen molar-refractivity contribution in [2.24, 2.45) is 5.92 Å². The van der Waals surface area contributed by atoms with Crippen LogP contribution in [0.1, 0.15) is 34.1 Å². The van der Waals surface area contributed by atoms with E-state index in [0.29, 0.717) is 17.8 Å². The Hall–Kier alpha value is -2.09. The number of carbonyl (C=O) groups is 1. The Morgan fingerprint density at radius 1 is 1.00 bits per heavy atom. The van der Waals surface area contributed by atoms with E-state index in [2.05, 4.69) is 42.5 Å². The second-order valence-corrected chi connectivity index (χ2v) is 6.06. The van der Waals surface area contributed by atoms with Gasteiger partial charge in [0.15, 0.2) is 0 Å². The molecule has 0 bridgehead atoms. The quantitative estimate of drug-likeness (QED) is 0.739. The molecule has 2 heteroatoms. The first kappa shape index (κ1) is 10.7. The van der Waals surface area contributed by atoms with Gasteiger partial charge in [-0.1, -0.05) is 48.5 Å². The van der Waals surface area contributed by atoms with Crippen molar-refractivity contribution in [3.8, 4) is 0 Å². The zero-order valence-electron chi connectivity index (χ0n) is 11.2. The first-order chi connectivity index (χ1) is 9.81. The summed E-state index contributed by atoms with van der Waals surface area (Å²) >= 11 is 0. The van der Waals surface area contributed by atoms with Crippen molar-refractivity contribution in [2.45, 2.75) is 17.3 Å². The van der Waals surface area contributed by atoms with E-state index in [0.717, 1.165) is 0 Å². The van der Waals surface area contributed by atoms with Crippen LogP contribution in [0.2, 0.25) is 0 Å². The molecule has 4 atom stereocenters. The molecule has 0 radical (unpaired) electrons. The van der Waals surface area contributed by atoms with Gasteiger partial charge in [-0.15, -0.1) is 0 Å². The van der Waals surface area contributed by atoms with Crippen molar-refractivity contribution in [1.29, 1.82) is 0 Å². The summed E-state index contributed by atoms with van der Waals surface area (Å²) in [4.78, 5) is 12.5. The summed E-state index contributed by atoms with van der Waals surface area (Å²) < 4.78 is 5.16. The van der Waals surface area contributed by atoms with Crippen LogP contribution in [0.25, 0.3) is 0 Å². The molecule has 0 unspecified atom stereocenters. The Morgan fingerprint density at radius 2 is 1.65 bits per heavy atom. The molecule has 5 rings (SSSR count). The van der Waals surface area contributed by atoms with E-state index in [1.807, 2.05) is 6.07 Å². The third-order valence-corrected chi connectivity index (χ3v) is 5.56. The number of methoxy groups -OCH3 is 1. The highest BCUT2D eigenvalue weighted by Crippen LogP contribution is 2.81. The predicted molar refractivity (Wildman–Crippen MR) is 74.7 cm³/mol. The molecule has 0 saturated heterocycles. The lowest BCUT2D eigenvalue weighted by Crippen LogP contribution is -2.25. The van der Waals surface area contributed by atoms with E-state index in [1.165, 1.54) is 29.4 Å². The minimum Gasteiger partial charge on any atom is -0.468 e. The molecule has 1 fully saturated rings. The largest absolute Gasteiger partial charge is 0.468 e. The van der Waals surface area contributed by atoms with Crippen molar-refractivity contribution in [3.05, 3.63) is 70.8 Å². The summed E-state index contributed by atoms with van der Waals surface area (Å²) in [5.74, 6) is 1.03. The van der Waals surface area contributed by atoms with Gasteiger partial charge in [0.25, 0.3) is 0 Å². The van der Waals surface area contributed by atoms with Gasteiger partial charge in [0.1, 0.15) is 5.41 Å². The van der Waals surface area contributed by atoms with Gasteiger partial charge in [0.05, 0.1) is 7.11 Å². The van der Waals surface area contributed by atoms with Crippen LogP contribution in [0.4, 0.5) is 0 Å². The Morgan fingerprint density at radius 3 is 2.40 bits per heavy atom. The lowest BCUT2D eigenvalue weighted by Gasteiger charge is -2.15. The highest BCUT2D eigenvalue weighted by atomic mass is 16.5. The molecular formula is C18H14O2. The highest BCUT2D eigenvalue weighted by molar-refractivity contribution is 5.95. The number of carbonyl (C=O) groups excluding carboxylic acids is 1. The molecule has 98 valence electrons. The van der Waals surface area contributed by atoms with Crippen molar-refractivity contribution < 1.29 is 9.53 Å². The third kappa shape index (κ3) is 0.866. The SMILES string of the molecule is COC(=O)[C@]12c3ccccc3[C@@H]3c4ccccc4[C@@H]1[C@H]32. The third-order valence-electron chi connectivity index (χ3n) is 5.56. The second kappa shape index (κ2) is 3.14. The summed E-state index contributed by atoms with van der Waals surface area (Å²) in [6.45, 7) is 0. The predicted octanol–water partition coefficient (Wildman–Crippen LogP) is 2.97. The molecule has 2 aromatic rings. The first-order valence-electron chi connectivity index (χ1n) is 7.08. The number of benzene rings is 2. The molecule has 3 aliphatic carbocycles. The van der Waals surface area contributed by atoms with E-state index in [4.69, 9.17) is 4.74 Å². The average Bonchev–Trinajstić information content (AvgIpc) is 2.96. The molecule has 0 aromatic heterocycles. The Balaban J connectivity index is 1.84. The van der Waals surface area contributed by atoms with Crippen LogP contribution >= 0.6 is 0 Å². The van der Waals surface area contributed by atoms with E-state index in [9.17, 15) is 4.79 Å². The number of hydrogen-bond acceptors (Lipinski definition) is 2. The van der Waals surface area contributed by atoms with Gasteiger partial charge in [-0.05, 0) is 28.2 Å². The molecule has 2 nitrogen and oxygen atoms in total. The Bertz CT molecular complexity index is 764. The van der Waals surface area contributed by atoms with Crippen LogP contribution in [0.15, 0.2) is 48.5 Å². The zero-order valence-corrected chi connectivity index (χ0v) is 11.2. The summed E-state index contributed by atoms with van der Waals surface area (Å²) in [7, 11) is 1.51. The number of esters is 1. The van der Waals surface area contributed by atoms with Crippen molar-refractivity contribution in [1.82, 2.24) is 0 Å². The van der Waals surface area contributed by atoms with Gasteiger partial charge >= 0.3 is 5.97 Å². The molecule has 0 aliphatic heterocycles. The fourth-order valence-corrected chi connectivity index (χ4v) is 4.97. The molecular weight excluding hydrogens is 248 g/mol. The fourth-order valence-electron chi connectivity index (χ4n) is 4.97. The van der Waals surface area contributed by atoms with Crippen LogP contribution in [0.3, 0.4) is 0 Å². The molecule has 0 amide bonds. The average molecular weight is 262 g/mol. The second-order valence-electron chi connectivity index (χ2n) is 6.06. The maximum Gasteiger partial charge on any atom is 0.317 e. The van der Waals surface area contributed by atoms with Crippen molar-refractivity contribution in [2.75, 3.05) is 7.11 Å². The molecule has 0 N–H and O–H groups in total. The molecule has 0 spiro atoms. The van der Waals surface area contributed by atoms with Gasteiger partial charge in [-0.25, -0.2) is 0 Å². The fraction of sp³-hybridized carbons (Fsp3) is 0.278. The van der Waals surface area contributed by atoms with Gasteiger partial charge in [-0.2, -0.15) is 0 Å². The number of ether oxygens (including phenoxy) is 1. The van der Waals surface area contributed by atoms with Gasteiger partial charge < -0.3 is 4.74 Å². The van der Waals surface area contributed by atoms with E-state index in [1.54, 1.807) is 0 Å². The summed E-state index contributed by atoms with van der Waals surface area (Å²) in [5, 5.41) is 0. The van der Waals surface area contributed by atoms with Crippen LogP contribution in [-0.2, 0) is 14.9 Å². The number of hydrogen-bond donors (Lipinski definition) is 0. The molecule has 1 saturated carbocycles. The Kier molecular flexibility index (Phi) is 1.68. The normalized spacial score (nSPS) is 34.1. The van der Waals surface area contributed by atoms with Crippen molar-refractivity contribution >= 4 is 5.97 Å². The minimum absolute atomic E-state index is 0.0584. The van der Waals surface area contributed by atoms with Gasteiger partial charge in [0, 0.05) is 11.8 Å². The summed E-state index contributed by atoms with van der Waals surface area (Å²) in [6, 6.07) is 17.0. The number of fused-ring (bicyclic) bond motifs is 7. The lowest BCUT2D eigenvalue weighted by atomic mass is 9.90. The zero-order chi connectivity index (χ0) is 13.5. The maximum absolute atomic E-state index is 12.5. The van der Waals surface area contributed by atoms with Crippen molar-refractivity contribution in [3.63, 3.8) is 0 Å². The van der Waals surface area contributed by atoms with E-state index >= 15 is 0 Å². The molecule has 3 aliphatic rings. The molecule has 0 heterocycles. The lowest BCUT2D eigenvalue weighted by molar-refractivity contribution is -0.144. The van der Waals surface area contributed by atoms with Crippen LogP contribution in [-0.4, -0.2) is 13.1 Å². The highest BCUT2D eigenvalue weighted by Gasteiger charge is 2.81. The molecule has 2 aromatic carbocycles. The van der Waals surface area contributed by atoms with Gasteiger partial charge in [-0.3, -0.25) is 4.79 Å². The summed E-state index contributed by atoms with van der Waals surface area (Å²) in [5.41, 5.74) is 4.88. The topological polar surface area (TPSA) is 26.3 Å².